The predicted molar refractivity (Wildman–Crippen MR) is 58.8 cm³/mol. The summed E-state index contributed by atoms with van der Waals surface area (Å²) in [6.07, 6.45) is 7.21. The quantitative estimate of drug-likeness (QED) is 0.594. The summed E-state index contributed by atoms with van der Waals surface area (Å²) in [6.45, 7) is 7.12. The fourth-order valence-electron chi connectivity index (χ4n) is 2.17. The molecule has 0 saturated carbocycles. The molecule has 0 aliphatic carbocycles. The van der Waals surface area contributed by atoms with Crippen molar-refractivity contribution in [2.24, 2.45) is 5.92 Å². The van der Waals surface area contributed by atoms with Gasteiger partial charge in [0.1, 0.15) is 0 Å². The van der Waals surface area contributed by atoms with Crippen LogP contribution in [0.1, 0.15) is 52.9 Å². The minimum Gasteiger partial charge on any atom is -0.156 e. The van der Waals surface area contributed by atoms with Crippen LogP contribution in [-0.4, -0.2) is 10.5 Å². The Labute approximate surface area is 81.5 Å². The van der Waals surface area contributed by atoms with E-state index in [2.05, 4.69) is 32.5 Å². The molecule has 3 unspecified atom stereocenters. The molecule has 12 heavy (non-hydrogen) atoms. The summed E-state index contributed by atoms with van der Waals surface area (Å²) in [4.78, 5) is 0. The molecule has 0 amide bonds. The minimum absolute atomic E-state index is 0.894. The highest BCUT2D eigenvalue weighted by molar-refractivity contribution is 8.00. The van der Waals surface area contributed by atoms with E-state index in [0.717, 1.165) is 16.4 Å². The first-order valence-electron chi connectivity index (χ1n) is 5.37. The summed E-state index contributed by atoms with van der Waals surface area (Å²) in [5.74, 6) is 1.01. The van der Waals surface area contributed by atoms with Crippen LogP contribution in [0, 0.1) is 5.92 Å². The summed E-state index contributed by atoms with van der Waals surface area (Å²) in [5.41, 5.74) is 0. The number of hydrogen-bond donors (Lipinski definition) is 0. The van der Waals surface area contributed by atoms with E-state index in [4.69, 9.17) is 0 Å². The highest BCUT2D eigenvalue weighted by atomic mass is 32.2. The molecule has 1 rings (SSSR count). The molecule has 3 atom stereocenters. The summed E-state index contributed by atoms with van der Waals surface area (Å²) >= 11 is 2.19. The van der Waals surface area contributed by atoms with E-state index in [1.54, 1.807) is 0 Å². The third kappa shape index (κ3) is 3.38. The molecular formula is C11H22S. The molecule has 1 aliphatic heterocycles. The van der Waals surface area contributed by atoms with Crippen molar-refractivity contribution in [3.63, 3.8) is 0 Å². The molecule has 72 valence electrons. The normalized spacial score (nSPS) is 38.8. The first-order valence-corrected chi connectivity index (χ1v) is 6.32. The van der Waals surface area contributed by atoms with Crippen LogP contribution in [0.25, 0.3) is 0 Å². The Balaban J connectivity index is 2.37. The lowest BCUT2D eigenvalue weighted by Crippen LogP contribution is -2.14. The van der Waals surface area contributed by atoms with Crippen molar-refractivity contribution in [3.05, 3.63) is 0 Å². The van der Waals surface area contributed by atoms with E-state index in [9.17, 15) is 0 Å². The second-order valence-electron chi connectivity index (χ2n) is 4.20. The standard InChI is InChI=1S/C11H22S/c1-4-11-7-5-6-9(2)12-10(3)8-11/h9-11H,4-8H2,1-3H3. The van der Waals surface area contributed by atoms with Crippen LogP contribution in [0.5, 0.6) is 0 Å². The fourth-order valence-corrected chi connectivity index (χ4v) is 3.65. The average Bonchev–Trinajstić information content (AvgIpc) is 1.99. The Kier molecular flexibility index (Phi) is 4.49. The lowest BCUT2D eigenvalue weighted by molar-refractivity contribution is 0.410. The lowest BCUT2D eigenvalue weighted by atomic mass is 9.94. The lowest BCUT2D eigenvalue weighted by Gasteiger charge is -2.26. The van der Waals surface area contributed by atoms with Crippen LogP contribution in [0.15, 0.2) is 0 Å². The van der Waals surface area contributed by atoms with Crippen molar-refractivity contribution in [1.29, 1.82) is 0 Å². The first-order chi connectivity index (χ1) is 5.72. The molecule has 0 aromatic heterocycles. The summed E-state index contributed by atoms with van der Waals surface area (Å²) in [7, 11) is 0. The summed E-state index contributed by atoms with van der Waals surface area (Å²) in [5, 5.41) is 1.79. The Morgan fingerprint density at radius 1 is 1.17 bits per heavy atom. The largest absolute Gasteiger partial charge is 0.156 e. The number of thioether (sulfide) groups is 1. The van der Waals surface area contributed by atoms with Gasteiger partial charge in [0.15, 0.2) is 0 Å². The maximum Gasteiger partial charge on any atom is 0.00240 e. The van der Waals surface area contributed by atoms with E-state index in [0.29, 0.717) is 0 Å². The van der Waals surface area contributed by atoms with Gasteiger partial charge in [0, 0.05) is 10.5 Å². The summed E-state index contributed by atoms with van der Waals surface area (Å²) in [6, 6.07) is 0. The minimum atomic E-state index is 0.894. The van der Waals surface area contributed by atoms with E-state index in [-0.39, 0.29) is 0 Å². The first kappa shape index (κ1) is 10.4. The van der Waals surface area contributed by atoms with Gasteiger partial charge >= 0.3 is 0 Å². The molecule has 1 fully saturated rings. The maximum absolute atomic E-state index is 2.40. The molecule has 1 saturated heterocycles. The van der Waals surface area contributed by atoms with Gasteiger partial charge in [-0.2, -0.15) is 11.8 Å². The molecule has 0 aromatic carbocycles. The molecule has 0 nitrogen and oxygen atoms in total. The molecule has 0 aromatic rings. The van der Waals surface area contributed by atoms with Gasteiger partial charge in [-0.25, -0.2) is 0 Å². The van der Waals surface area contributed by atoms with Crippen molar-refractivity contribution in [1.82, 2.24) is 0 Å². The predicted octanol–water partition coefficient (Wildman–Crippen LogP) is 4.10. The topological polar surface area (TPSA) is 0 Å². The van der Waals surface area contributed by atoms with Crippen LogP contribution >= 0.6 is 11.8 Å². The molecule has 0 spiro atoms. The van der Waals surface area contributed by atoms with Crippen LogP contribution in [0.2, 0.25) is 0 Å². The zero-order valence-electron chi connectivity index (χ0n) is 8.68. The highest BCUT2D eigenvalue weighted by Crippen LogP contribution is 2.32. The summed E-state index contributed by atoms with van der Waals surface area (Å²) < 4.78 is 0. The van der Waals surface area contributed by atoms with Crippen LogP contribution in [0.3, 0.4) is 0 Å². The van der Waals surface area contributed by atoms with Gasteiger partial charge in [0.05, 0.1) is 0 Å². The average molecular weight is 186 g/mol. The molecule has 1 aliphatic rings. The number of rotatable bonds is 1. The van der Waals surface area contributed by atoms with Crippen LogP contribution < -0.4 is 0 Å². The van der Waals surface area contributed by atoms with Crippen molar-refractivity contribution < 1.29 is 0 Å². The second-order valence-corrected chi connectivity index (χ2v) is 6.08. The Bertz CT molecular complexity index is 122. The molecule has 0 radical (unpaired) electrons. The SMILES string of the molecule is CCC1CCCC(C)SC(C)C1. The Hall–Kier alpha value is 0.350. The zero-order valence-corrected chi connectivity index (χ0v) is 9.49. The molecule has 0 N–H and O–H groups in total. The van der Waals surface area contributed by atoms with E-state index >= 15 is 0 Å². The van der Waals surface area contributed by atoms with Gasteiger partial charge in [-0.05, 0) is 18.8 Å². The highest BCUT2D eigenvalue weighted by Gasteiger charge is 2.17. The Morgan fingerprint density at radius 3 is 2.58 bits per heavy atom. The van der Waals surface area contributed by atoms with Gasteiger partial charge in [0.2, 0.25) is 0 Å². The van der Waals surface area contributed by atoms with Crippen LogP contribution in [-0.2, 0) is 0 Å². The van der Waals surface area contributed by atoms with E-state index in [1.807, 2.05) is 0 Å². The van der Waals surface area contributed by atoms with Crippen molar-refractivity contribution in [2.45, 2.75) is 63.4 Å². The molecular weight excluding hydrogens is 164 g/mol. The Morgan fingerprint density at radius 2 is 1.92 bits per heavy atom. The van der Waals surface area contributed by atoms with Gasteiger partial charge in [-0.1, -0.05) is 40.0 Å². The third-order valence-electron chi connectivity index (χ3n) is 2.93. The van der Waals surface area contributed by atoms with E-state index < -0.39 is 0 Å². The van der Waals surface area contributed by atoms with Gasteiger partial charge in [-0.15, -0.1) is 0 Å². The zero-order chi connectivity index (χ0) is 8.97. The second kappa shape index (κ2) is 5.16. The van der Waals surface area contributed by atoms with Crippen molar-refractivity contribution >= 4 is 11.8 Å². The van der Waals surface area contributed by atoms with E-state index in [1.165, 1.54) is 32.1 Å². The molecule has 1 heteroatoms. The maximum atomic E-state index is 2.40. The fraction of sp³-hybridized carbons (Fsp3) is 1.00. The van der Waals surface area contributed by atoms with Gasteiger partial charge < -0.3 is 0 Å². The number of hydrogen-bond acceptors (Lipinski definition) is 1. The monoisotopic (exact) mass is 186 g/mol. The van der Waals surface area contributed by atoms with Gasteiger partial charge in [-0.3, -0.25) is 0 Å². The van der Waals surface area contributed by atoms with Crippen LogP contribution in [0.4, 0.5) is 0 Å². The van der Waals surface area contributed by atoms with Crippen molar-refractivity contribution in [3.8, 4) is 0 Å². The third-order valence-corrected chi connectivity index (χ3v) is 4.29. The smallest absolute Gasteiger partial charge is 0.00240 e. The van der Waals surface area contributed by atoms with Gasteiger partial charge in [0.25, 0.3) is 0 Å². The molecule has 0 bridgehead atoms. The van der Waals surface area contributed by atoms with Crippen molar-refractivity contribution in [2.75, 3.05) is 0 Å². The molecule has 1 heterocycles.